The number of carbonyl (C=O) groups excluding carboxylic acids is 1. The standard InChI is InChI=1S/C10H15F3N2O2/c11-10(12,13)9(17)3-5-15(6-9)8(16)7-2-1-4-14-7/h7,14,17H,1-6H2. The maximum Gasteiger partial charge on any atom is 0.419 e. The van der Waals surface area contributed by atoms with E-state index in [0.29, 0.717) is 13.0 Å². The number of nitrogens with zero attached hydrogens (tertiary/aromatic N) is 1. The Kier molecular flexibility index (Phi) is 3.07. The number of rotatable bonds is 1. The maximum absolute atomic E-state index is 12.6. The van der Waals surface area contributed by atoms with E-state index in [9.17, 15) is 23.1 Å². The molecular weight excluding hydrogens is 237 g/mol. The Hall–Kier alpha value is -0.820. The van der Waals surface area contributed by atoms with E-state index in [0.717, 1.165) is 11.3 Å². The molecule has 2 aliphatic rings. The van der Waals surface area contributed by atoms with Crippen molar-refractivity contribution in [2.45, 2.75) is 37.1 Å². The molecule has 0 aliphatic carbocycles. The van der Waals surface area contributed by atoms with E-state index in [1.807, 2.05) is 0 Å². The van der Waals surface area contributed by atoms with Gasteiger partial charge >= 0.3 is 6.18 Å². The highest BCUT2D eigenvalue weighted by Gasteiger charge is 2.58. The Labute approximate surface area is 96.8 Å². The predicted octanol–water partition coefficient (Wildman–Crippen LogP) is 0.264. The topological polar surface area (TPSA) is 52.6 Å². The maximum atomic E-state index is 12.6. The number of carbonyl (C=O) groups is 1. The van der Waals surface area contributed by atoms with E-state index in [-0.39, 0.29) is 18.5 Å². The van der Waals surface area contributed by atoms with Crippen LogP contribution in [0.25, 0.3) is 0 Å². The number of amides is 1. The number of halogens is 3. The summed E-state index contributed by atoms with van der Waals surface area (Å²) >= 11 is 0. The molecule has 0 saturated carbocycles. The molecule has 4 nitrogen and oxygen atoms in total. The molecule has 2 N–H and O–H groups in total. The van der Waals surface area contributed by atoms with Gasteiger partial charge in [0.05, 0.1) is 12.6 Å². The molecule has 2 saturated heterocycles. The second kappa shape index (κ2) is 4.13. The van der Waals surface area contributed by atoms with Gasteiger partial charge in [-0.25, -0.2) is 0 Å². The first-order valence-corrected chi connectivity index (χ1v) is 5.65. The molecule has 0 spiro atoms. The summed E-state index contributed by atoms with van der Waals surface area (Å²) in [5.41, 5.74) is -2.73. The highest BCUT2D eigenvalue weighted by Crippen LogP contribution is 2.37. The van der Waals surface area contributed by atoms with Crippen molar-refractivity contribution in [1.82, 2.24) is 10.2 Å². The molecule has 1 amide bonds. The van der Waals surface area contributed by atoms with Crippen LogP contribution in [0.2, 0.25) is 0 Å². The van der Waals surface area contributed by atoms with Gasteiger partial charge in [-0.1, -0.05) is 0 Å². The third-order valence-corrected chi connectivity index (χ3v) is 3.45. The molecule has 0 aromatic rings. The van der Waals surface area contributed by atoms with Gasteiger partial charge in [-0.3, -0.25) is 4.79 Å². The average Bonchev–Trinajstić information content (AvgIpc) is 2.84. The Morgan fingerprint density at radius 1 is 1.47 bits per heavy atom. The molecule has 0 bridgehead atoms. The quantitative estimate of drug-likeness (QED) is 0.704. The van der Waals surface area contributed by atoms with E-state index in [4.69, 9.17) is 0 Å². The van der Waals surface area contributed by atoms with Gasteiger partial charge in [0.1, 0.15) is 0 Å². The van der Waals surface area contributed by atoms with Crippen LogP contribution < -0.4 is 5.32 Å². The number of alkyl halides is 3. The molecule has 17 heavy (non-hydrogen) atoms. The van der Waals surface area contributed by atoms with E-state index in [2.05, 4.69) is 5.32 Å². The summed E-state index contributed by atoms with van der Waals surface area (Å²) in [5.74, 6) is -0.331. The van der Waals surface area contributed by atoms with Crippen molar-refractivity contribution in [2.24, 2.45) is 0 Å². The number of hydrogen-bond acceptors (Lipinski definition) is 3. The number of nitrogens with one attached hydrogen (secondary N) is 1. The van der Waals surface area contributed by atoms with Crippen LogP contribution in [0.3, 0.4) is 0 Å². The Morgan fingerprint density at radius 2 is 2.18 bits per heavy atom. The van der Waals surface area contributed by atoms with Crippen molar-refractivity contribution in [3.63, 3.8) is 0 Å². The molecule has 2 aliphatic heterocycles. The third kappa shape index (κ3) is 2.26. The molecule has 2 fully saturated rings. The number of hydrogen-bond donors (Lipinski definition) is 2. The minimum absolute atomic E-state index is 0.0347. The van der Waals surface area contributed by atoms with Gasteiger partial charge in [-0.05, 0) is 19.4 Å². The van der Waals surface area contributed by atoms with Crippen molar-refractivity contribution < 1.29 is 23.1 Å². The van der Waals surface area contributed by atoms with Gasteiger partial charge < -0.3 is 15.3 Å². The molecule has 2 heterocycles. The summed E-state index contributed by atoms with van der Waals surface area (Å²) in [4.78, 5) is 13.0. The minimum atomic E-state index is -4.68. The average molecular weight is 252 g/mol. The van der Waals surface area contributed by atoms with Crippen LogP contribution in [0.15, 0.2) is 0 Å². The third-order valence-electron chi connectivity index (χ3n) is 3.45. The Bertz CT molecular complexity index is 315. The highest BCUT2D eigenvalue weighted by molar-refractivity contribution is 5.82. The normalized spacial score (nSPS) is 34.4. The number of likely N-dealkylation sites (tertiary alicyclic amines) is 1. The lowest BCUT2D eigenvalue weighted by Crippen LogP contribution is -2.50. The van der Waals surface area contributed by atoms with Crippen LogP contribution in [0, 0.1) is 0 Å². The van der Waals surface area contributed by atoms with Crippen molar-refractivity contribution in [3.8, 4) is 0 Å². The zero-order valence-electron chi connectivity index (χ0n) is 9.26. The molecule has 2 unspecified atom stereocenters. The molecule has 7 heteroatoms. The smallest absolute Gasteiger partial charge is 0.379 e. The lowest BCUT2D eigenvalue weighted by atomic mass is 10.0. The molecule has 98 valence electrons. The van der Waals surface area contributed by atoms with Crippen LogP contribution in [0.5, 0.6) is 0 Å². The zero-order chi connectivity index (χ0) is 12.7. The van der Waals surface area contributed by atoms with E-state index < -0.39 is 24.7 Å². The van der Waals surface area contributed by atoms with Gasteiger partial charge in [-0.2, -0.15) is 13.2 Å². The second-order valence-electron chi connectivity index (χ2n) is 4.69. The first-order valence-electron chi connectivity index (χ1n) is 5.65. The monoisotopic (exact) mass is 252 g/mol. The summed E-state index contributed by atoms with van der Waals surface area (Å²) in [7, 11) is 0. The van der Waals surface area contributed by atoms with Crippen LogP contribution in [-0.2, 0) is 4.79 Å². The van der Waals surface area contributed by atoms with Crippen molar-refractivity contribution in [2.75, 3.05) is 19.6 Å². The molecular formula is C10H15F3N2O2. The SMILES string of the molecule is O=C(C1CCCN1)N1CCC(O)(C(F)(F)F)C1. The van der Waals surface area contributed by atoms with Gasteiger partial charge in [0.2, 0.25) is 5.91 Å². The first-order chi connectivity index (χ1) is 7.83. The van der Waals surface area contributed by atoms with E-state index in [1.165, 1.54) is 0 Å². The second-order valence-corrected chi connectivity index (χ2v) is 4.69. The van der Waals surface area contributed by atoms with Gasteiger partial charge in [0, 0.05) is 13.0 Å². The molecule has 0 radical (unpaired) electrons. The van der Waals surface area contributed by atoms with E-state index >= 15 is 0 Å². The molecule has 2 rings (SSSR count). The Balaban J connectivity index is 2.00. The number of β-amino-alcohol motifs (C(OH)–C–C–N with tert-alkyl or cyclic N) is 1. The predicted molar refractivity (Wildman–Crippen MR) is 53.2 cm³/mol. The van der Waals surface area contributed by atoms with Gasteiger partial charge in [0.15, 0.2) is 5.60 Å². The van der Waals surface area contributed by atoms with Crippen LogP contribution in [0.4, 0.5) is 13.2 Å². The van der Waals surface area contributed by atoms with Crippen molar-refractivity contribution >= 4 is 5.91 Å². The zero-order valence-corrected chi connectivity index (χ0v) is 9.26. The van der Waals surface area contributed by atoms with Crippen LogP contribution in [-0.4, -0.2) is 53.4 Å². The number of aliphatic hydroxyl groups is 1. The lowest BCUT2D eigenvalue weighted by Gasteiger charge is -2.26. The summed E-state index contributed by atoms with van der Waals surface area (Å²) < 4.78 is 37.7. The fraction of sp³-hybridized carbons (Fsp3) is 0.900. The summed E-state index contributed by atoms with van der Waals surface area (Å²) in [6.45, 7) is 0.0360. The van der Waals surface area contributed by atoms with Crippen LogP contribution in [0.1, 0.15) is 19.3 Å². The van der Waals surface area contributed by atoms with Crippen molar-refractivity contribution in [3.05, 3.63) is 0 Å². The first kappa shape index (κ1) is 12.6. The molecule has 0 aromatic carbocycles. The highest BCUT2D eigenvalue weighted by atomic mass is 19.4. The summed E-state index contributed by atoms with van der Waals surface area (Å²) in [6.07, 6.45) is -3.60. The van der Waals surface area contributed by atoms with Crippen molar-refractivity contribution in [1.29, 1.82) is 0 Å². The summed E-state index contributed by atoms with van der Waals surface area (Å²) in [5, 5.41) is 12.4. The summed E-state index contributed by atoms with van der Waals surface area (Å²) in [6, 6.07) is -0.384. The van der Waals surface area contributed by atoms with Crippen LogP contribution >= 0.6 is 0 Å². The van der Waals surface area contributed by atoms with Gasteiger partial charge in [0.25, 0.3) is 0 Å². The largest absolute Gasteiger partial charge is 0.419 e. The lowest BCUT2D eigenvalue weighted by molar-refractivity contribution is -0.253. The molecule has 2 atom stereocenters. The Morgan fingerprint density at radius 3 is 2.65 bits per heavy atom. The molecule has 0 aromatic heterocycles. The van der Waals surface area contributed by atoms with E-state index in [1.54, 1.807) is 0 Å². The fourth-order valence-electron chi connectivity index (χ4n) is 2.33. The minimum Gasteiger partial charge on any atom is -0.379 e. The fourth-order valence-corrected chi connectivity index (χ4v) is 2.33. The van der Waals surface area contributed by atoms with Gasteiger partial charge in [-0.15, -0.1) is 0 Å².